The first kappa shape index (κ1) is 19.4. The Morgan fingerprint density at radius 1 is 1.26 bits per heavy atom. The van der Waals surface area contributed by atoms with Gasteiger partial charge in [0.05, 0.1) is 18.2 Å². The molecule has 0 saturated heterocycles. The number of rotatable bonds is 9. The highest BCUT2D eigenvalue weighted by Crippen LogP contribution is 2.40. The Hall–Kier alpha value is -2.35. The van der Waals surface area contributed by atoms with Crippen LogP contribution in [0.2, 0.25) is 0 Å². The number of hydrogen-bond acceptors (Lipinski definition) is 5. The molecule has 2 N–H and O–H groups in total. The smallest absolute Gasteiger partial charge is 0.308 e. The minimum absolute atomic E-state index is 0.175. The van der Waals surface area contributed by atoms with Crippen molar-refractivity contribution in [1.29, 1.82) is 0 Å². The Bertz CT molecular complexity index is 805. The van der Waals surface area contributed by atoms with Crippen LogP contribution < -0.4 is 5.32 Å². The predicted octanol–water partition coefficient (Wildman–Crippen LogP) is 2.52. The van der Waals surface area contributed by atoms with Crippen LogP contribution in [-0.2, 0) is 16.1 Å². The molecule has 144 valence electrons. The molecule has 1 aliphatic carbocycles. The number of carbonyl (C=O) groups excluding carboxylic acids is 1. The summed E-state index contributed by atoms with van der Waals surface area (Å²) < 4.78 is 2.09. The molecule has 3 rings (SSSR count). The first-order valence-corrected chi connectivity index (χ1v) is 10.1. The Balaban J connectivity index is 1.64. The van der Waals surface area contributed by atoms with Crippen LogP contribution in [0.25, 0.3) is 0 Å². The van der Waals surface area contributed by atoms with Crippen molar-refractivity contribution in [1.82, 2.24) is 20.1 Å². The molecule has 1 aromatic carbocycles. The summed E-state index contributed by atoms with van der Waals surface area (Å²) in [5.41, 5.74) is 1.16. The second-order valence-corrected chi connectivity index (χ2v) is 7.90. The number of hydrogen-bond donors (Lipinski definition) is 2. The van der Waals surface area contributed by atoms with Crippen molar-refractivity contribution in [3.63, 3.8) is 0 Å². The van der Waals surface area contributed by atoms with Gasteiger partial charge < -0.3 is 15.0 Å². The van der Waals surface area contributed by atoms with E-state index in [1.807, 2.05) is 18.2 Å². The lowest BCUT2D eigenvalue weighted by Crippen LogP contribution is -2.40. The van der Waals surface area contributed by atoms with E-state index in [0.717, 1.165) is 29.4 Å². The lowest BCUT2D eigenvalue weighted by molar-refractivity contribution is -0.142. The van der Waals surface area contributed by atoms with Crippen molar-refractivity contribution in [2.45, 2.75) is 50.4 Å². The SMILES string of the molecule is CC(NC(=O)CSc1nnc(C2CC2)n1Cc1ccccc1)C(C)C(=O)O. The summed E-state index contributed by atoms with van der Waals surface area (Å²) >= 11 is 1.33. The van der Waals surface area contributed by atoms with Crippen LogP contribution in [0.1, 0.15) is 44.0 Å². The molecule has 2 atom stereocenters. The van der Waals surface area contributed by atoms with Crippen molar-refractivity contribution in [2.75, 3.05) is 5.75 Å². The molecular weight excluding hydrogens is 364 g/mol. The Kier molecular flexibility index (Phi) is 6.15. The molecule has 0 aliphatic heterocycles. The number of benzene rings is 1. The van der Waals surface area contributed by atoms with Gasteiger partial charge in [0, 0.05) is 12.0 Å². The van der Waals surface area contributed by atoms with Gasteiger partial charge in [-0.1, -0.05) is 42.1 Å². The van der Waals surface area contributed by atoms with Crippen LogP contribution >= 0.6 is 11.8 Å². The summed E-state index contributed by atoms with van der Waals surface area (Å²) in [6.07, 6.45) is 2.26. The number of aromatic nitrogens is 3. The van der Waals surface area contributed by atoms with Gasteiger partial charge in [-0.05, 0) is 32.3 Å². The Morgan fingerprint density at radius 3 is 2.59 bits per heavy atom. The summed E-state index contributed by atoms with van der Waals surface area (Å²) in [6.45, 7) is 3.96. The zero-order valence-corrected chi connectivity index (χ0v) is 16.3. The van der Waals surface area contributed by atoms with E-state index in [0.29, 0.717) is 12.5 Å². The Morgan fingerprint density at radius 2 is 1.96 bits per heavy atom. The van der Waals surface area contributed by atoms with Crippen LogP contribution in [0.3, 0.4) is 0 Å². The Labute approximate surface area is 162 Å². The first-order chi connectivity index (χ1) is 13.0. The molecule has 2 aromatic rings. The highest BCUT2D eigenvalue weighted by atomic mass is 32.2. The number of nitrogens with zero attached hydrogens (tertiary/aromatic N) is 3. The third-order valence-electron chi connectivity index (χ3n) is 4.73. The molecule has 7 nitrogen and oxygen atoms in total. The molecule has 1 amide bonds. The molecule has 2 unspecified atom stereocenters. The maximum Gasteiger partial charge on any atom is 0.308 e. The van der Waals surface area contributed by atoms with Crippen molar-refractivity contribution in [2.24, 2.45) is 5.92 Å². The zero-order valence-electron chi connectivity index (χ0n) is 15.5. The van der Waals surface area contributed by atoms with E-state index >= 15 is 0 Å². The molecule has 0 radical (unpaired) electrons. The fourth-order valence-corrected chi connectivity index (χ4v) is 3.49. The monoisotopic (exact) mass is 388 g/mol. The molecular formula is C19H24N4O3S. The second kappa shape index (κ2) is 8.56. The molecule has 27 heavy (non-hydrogen) atoms. The van der Waals surface area contributed by atoms with E-state index in [-0.39, 0.29) is 11.7 Å². The van der Waals surface area contributed by atoms with Gasteiger partial charge in [-0.2, -0.15) is 0 Å². The van der Waals surface area contributed by atoms with Gasteiger partial charge in [-0.3, -0.25) is 9.59 Å². The molecule has 1 saturated carbocycles. The predicted molar refractivity (Wildman–Crippen MR) is 103 cm³/mol. The standard InChI is InChI=1S/C19H24N4O3S/c1-12(18(25)26)13(2)20-16(24)11-27-19-22-21-17(15-8-9-15)23(19)10-14-6-4-3-5-7-14/h3-7,12-13,15H,8-11H2,1-2H3,(H,20,24)(H,25,26). The van der Waals surface area contributed by atoms with E-state index in [4.69, 9.17) is 5.11 Å². The summed E-state index contributed by atoms with van der Waals surface area (Å²) in [5.74, 6) is -0.151. The van der Waals surface area contributed by atoms with Gasteiger partial charge in [0.1, 0.15) is 5.82 Å². The van der Waals surface area contributed by atoms with E-state index < -0.39 is 17.9 Å². The lowest BCUT2D eigenvalue weighted by atomic mass is 10.0. The number of carboxylic acid groups (broad SMARTS) is 1. The van der Waals surface area contributed by atoms with Crippen LogP contribution in [0, 0.1) is 5.92 Å². The van der Waals surface area contributed by atoms with E-state index in [9.17, 15) is 9.59 Å². The van der Waals surface area contributed by atoms with Gasteiger partial charge in [0.25, 0.3) is 0 Å². The van der Waals surface area contributed by atoms with Crippen LogP contribution in [0.5, 0.6) is 0 Å². The third-order valence-corrected chi connectivity index (χ3v) is 5.70. The van der Waals surface area contributed by atoms with Gasteiger partial charge in [-0.25, -0.2) is 0 Å². The van der Waals surface area contributed by atoms with Gasteiger partial charge in [0.2, 0.25) is 5.91 Å². The van der Waals surface area contributed by atoms with Crippen LogP contribution in [-0.4, -0.2) is 43.5 Å². The topological polar surface area (TPSA) is 97.1 Å². The van der Waals surface area contributed by atoms with E-state index in [2.05, 4.69) is 32.2 Å². The lowest BCUT2D eigenvalue weighted by Gasteiger charge is -2.17. The fraction of sp³-hybridized carbons (Fsp3) is 0.474. The number of carboxylic acids is 1. The average molecular weight is 388 g/mol. The minimum atomic E-state index is -0.924. The maximum atomic E-state index is 12.2. The van der Waals surface area contributed by atoms with Crippen LogP contribution in [0.4, 0.5) is 0 Å². The van der Waals surface area contributed by atoms with Gasteiger partial charge >= 0.3 is 5.97 Å². The molecule has 8 heteroatoms. The van der Waals surface area contributed by atoms with Crippen molar-refractivity contribution in [3.8, 4) is 0 Å². The molecule has 0 bridgehead atoms. The molecule has 1 fully saturated rings. The molecule has 1 aliphatic rings. The maximum absolute atomic E-state index is 12.2. The fourth-order valence-electron chi connectivity index (χ4n) is 2.73. The third kappa shape index (κ3) is 5.09. The largest absolute Gasteiger partial charge is 0.481 e. The van der Waals surface area contributed by atoms with Gasteiger partial charge in [0.15, 0.2) is 5.16 Å². The van der Waals surface area contributed by atoms with E-state index in [1.165, 1.54) is 11.8 Å². The van der Waals surface area contributed by atoms with Crippen molar-refractivity contribution in [3.05, 3.63) is 41.7 Å². The highest BCUT2D eigenvalue weighted by Gasteiger charge is 2.30. The summed E-state index contributed by atoms with van der Waals surface area (Å²) in [5, 5.41) is 21.1. The van der Waals surface area contributed by atoms with Gasteiger partial charge in [-0.15, -0.1) is 10.2 Å². The molecule has 0 spiro atoms. The normalized spacial score (nSPS) is 15.9. The second-order valence-electron chi connectivity index (χ2n) is 6.96. The van der Waals surface area contributed by atoms with Crippen LogP contribution in [0.15, 0.2) is 35.5 Å². The zero-order chi connectivity index (χ0) is 19.4. The summed E-state index contributed by atoms with van der Waals surface area (Å²) in [7, 11) is 0. The highest BCUT2D eigenvalue weighted by molar-refractivity contribution is 7.99. The van der Waals surface area contributed by atoms with Crippen molar-refractivity contribution >= 4 is 23.6 Å². The molecule has 1 heterocycles. The number of aliphatic carboxylic acids is 1. The summed E-state index contributed by atoms with van der Waals surface area (Å²) in [4.78, 5) is 23.2. The average Bonchev–Trinajstić information content (AvgIpc) is 3.42. The van der Waals surface area contributed by atoms with Crippen molar-refractivity contribution < 1.29 is 14.7 Å². The van der Waals surface area contributed by atoms with E-state index in [1.54, 1.807) is 13.8 Å². The first-order valence-electron chi connectivity index (χ1n) is 9.07. The quantitative estimate of drug-likeness (QED) is 0.641. The molecule has 1 aromatic heterocycles. The summed E-state index contributed by atoms with van der Waals surface area (Å²) in [6, 6.07) is 9.68. The minimum Gasteiger partial charge on any atom is -0.481 e. The number of carbonyl (C=O) groups is 2. The number of thioether (sulfide) groups is 1. The number of amides is 1. The number of nitrogens with one attached hydrogen (secondary N) is 1.